The molecule has 0 aromatic carbocycles. The lowest BCUT2D eigenvalue weighted by Gasteiger charge is -2.03. The summed E-state index contributed by atoms with van der Waals surface area (Å²) in [6, 6.07) is 1.66. The first-order valence-corrected chi connectivity index (χ1v) is 4.70. The van der Waals surface area contributed by atoms with Gasteiger partial charge in [-0.2, -0.15) is 0 Å². The van der Waals surface area contributed by atoms with Gasteiger partial charge in [0.15, 0.2) is 5.78 Å². The third-order valence-electron chi connectivity index (χ3n) is 1.67. The molecule has 0 bridgehead atoms. The summed E-state index contributed by atoms with van der Waals surface area (Å²) >= 11 is 0. The van der Waals surface area contributed by atoms with E-state index in [0.29, 0.717) is 18.2 Å². The predicted molar refractivity (Wildman–Crippen MR) is 53.8 cm³/mol. The fraction of sp³-hybridized carbons (Fsp3) is 0.500. The van der Waals surface area contributed by atoms with Crippen LogP contribution in [0.5, 0.6) is 5.88 Å². The Morgan fingerprint density at radius 3 is 2.93 bits per heavy atom. The Morgan fingerprint density at radius 1 is 1.47 bits per heavy atom. The number of carbonyl (C=O) groups is 1. The van der Waals surface area contributed by atoms with Gasteiger partial charge in [0.2, 0.25) is 5.88 Å². The Morgan fingerprint density at radius 2 is 2.27 bits per heavy atom. The van der Waals surface area contributed by atoms with Crippen molar-refractivity contribution in [3.05, 3.63) is 18.1 Å². The molecule has 0 aliphatic rings. The van der Waals surface area contributed by atoms with E-state index in [-0.39, 0.29) is 18.8 Å². The van der Waals surface area contributed by atoms with E-state index in [2.05, 4.69) is 9.97 Å². The average Bonchev–Trinajstić information content (AvgIpc) is 2.19. The van der Waals surface area contributed by atoms with E-state index in [9.17, 15) is 4.79 Å². The maximum Gasteiger partial charge on any atom is 0.216 e. The topological polar surface area (TPSA) is 61.3 Å². The molecular formula is C10H14N2O3. The molecule has 15 heavy (non-hydrogen) atoms. The van der Waals surface area contributed by atoms with Gasteiger partial charge in [0, 0.05) is 13.2 Å². The highest BCUT2D eigenvalue weighted by atomic mass is 16.5. The zero-order chi connectivity index (χ0) is 11.1. The molecule has 0 fully saturated rings. The van der Waals surface area contributed by atoms with Gasteiger partial charge < -0.3 is 9.47 Å². The van der Waals surface area contributed by atoms with Crippen molar-refractivity contribution in [2.75, 3.05) is 20.3 Å². The molecule has 0 radical (unpaired) electrons. The van der Waals surface area contributed by atoms with Crippen LogP contribution in [-0.2, 0) is 16.0 Å². The van der Waals surface area contributed by atoms with Crippen molar-refractivity contribution in [3.63, 3.8) is 0 Å². The summed E-state index contributed by atoms with van der Waals surface area (Å²) in [4.78, 5) is 19.1. The number of ketones is 1. The third kappa shape index (κ3) is 4.03. The number of hydrogen-bond donors (Lipinski definition) is 0. The van der Waals surface area contributed by atoms with E-state index in [4.69, 9.17) is 9.47 Å². The summed E-state index contributed by atoms with van der Waals surface area (Å²) in [7, 11) is 1.49. The second kappa shape index (κ2) is 6.08. The molecule has 0 N–H and O–H groups in total. The highest BCUT2D eigenvalue weighted by Crippen LogP contribution is 2.07. The van der Waals surface area contributed by atoms with Gasteiger partial charge in [-0.25, -0.2) is 9.97 Å². The number of hydrogen-bond acceptors (Lipinski definition) is 5. The van der Waals surface area contributed by atoms with Crippen LogP contribution in [0.2, 0.25) is 0 Å². The second-order valence-electron chi connectivity index (χ2n) is 2.93. The first-order chi connectivity index (χ1) is 7.26. The number of nitrogens with zero attached hydrogens (tertiary/aromatic N) is 2. The third-order valence-corrected chi connectivity index (χ3v) is 1.67. The van der Waals surface area contributed by atoms with Crippen molar-refractivity contribution >= 4 is 5.78 Å². The number of carbonyl (C=O) groups excluding carboxylic acids is 1. The smallest absolute Gasteiger partial charge is 0.216 e. The van der Waals surface area contributed by atoms with Gasteiger partial charge in [-0.05, 0) is 6.92 Å². The van der Waals surface area contributed by atoms with Gasteiger partial charge in [0.25, 0.3) is 0 Å². The van der Waals surface area contributed by atoms with Crippen LogP contribution in [0.1, 0.15) is 12.6 Å². The molecule has 82 valence electrons. The fourth-order valence-corrected chi connectivity index (χ4v) is 1.11. The lowest BCUT2D eigenvalue weighted by molar-refractivity contribution is -0.122. The molecule has 0 saturated heterocycles. The summed E-state index contributed by atoms with van der Waals surface area (Å²) in [5.41, 5.74) is 0.649. The maximum absolute atomic E-state index is 11.3. The molecule has 0 saturated carbocycles. The standard InChI is InChI=1S/C10H14N2O3/c1-3-15-10-5-8(11-7-12-10)4-9(13)6-14-2/h5,7H,3-4,6H2,1-2H3. The monoisotopic (exact) mass is 210 g/mol. The molecule has 1 rings (SSSR count). The summed E-state index contributed by atoms with van der Waals surface area (Å²) in [6.07, 6.45) is 1.64. The van der Waals surface area contributed by atoms with E-state index >= 15 is 0 Å². The second-order valence-corrected chi connectivity index (χ2v) is 2.93. The van der Waals surface area contributed by atoms with Crippen molar-refractivity contribution in [1.82, 2.24) is 9.97 Å². The van der Waals surface area contributed by atoms with Crippen LogP contribution < -0.4 is 4.74 Å². The molecule has 0 aliphatic carbocycles. The number of methoxy groups -OCH3 is 1. The Bertz CT molecular complexity index is 328. The first-order valence-electron chi connectivity index (χ1n) is 4.70. The molecule has 1 heterocycles. The Kier molecular flexibility index (Phi) is 4.70. The largest absolute Gasteiger partial charge is 0.478 e. The Labute approximate surface area is 88.4 Å². The fourth-order valence-electron chi connectivity index (χ4n) is 1.11. The Balaban J connectivity index is 2.60. The number of rotatable bonds is 6. The van der Waals surface area contributed by atoms with Crippen LogP contribution in [0.4, 0.5) is 0 Å². The number of Topliss-reactive ketones (excluding diaryl/α,β-unsaturated/α-hetero) is 1. The van der Waals surface area contributed by atoms with Gasteiger partial charge in [0.05, 0.1) is 18.7 Å². The SMILES string of the molecule is CCOc1cc(CC(=O)COC)ncn1. The quantitative estimate of drug-likeness (QED) is 0.689. The van der Waals surface area contributed by atoms with Gasteiger partial charge in [0.1, 0.15) is 12.9 Å². The molecule has 1 aromatic heterocycles. The molecular weight excluding hydrogens is 196 g/mol. The van der Waals surface area contributed by atoms with Crippen LogP contribution in [-0.4, -0.2) is 36.1 Å². The zero-order valence-corrected chi connectivity index (χ0v) is 8.90. The van der Waals surface area contributed by atoms with Crippen molar-refractivity contribution in [1.29, 1.82) is 0 Å². The molecule has 0 aliphatic heterocycles. The van der Waals surface area contributed by atoms with E-state index in [0.717, 1.165) is 0 Å². The summed E-state index contributed by atoms with van der Waals surface area (Å²) in [6.45, 7) is 2.52. The Hall–Kier alpha value is -1.49. The lowest BCUT2D eigenvalue weighted by Crippen LogP contribution is -2.11. The average molecular weight is 210 g/mol. The van der Waals surface area contributed by atoms with Crippen molar-refractivity contribution < 1.29 is 14.3 Å². The van der Waals surface area contributed by atoms with E-state index in [1.807, 2.05) is 6.92 Å². The molecule has 1 aromatic rings. The molecule has 0 spiro atoms. The van der Waals surface area contributed by atoms with Crippen molar-refractivity contribution in [2.24, 2.45) is 0 Å². The minimum Gasteiger partial charge on any atom is -0.478 e. The molecule has 0 amide bonds. The van der Waals surface area contributed by atoms with Gasteiger partial charge >= 0.3 is 0 Å². The molecule has 0 unspecified atom stereocenters. The zero-order valence-electron chi connectivity index (χ0n) is 8.90. The highest BCUT2D eigenvalue weighted by molar-refractivity contribution is 5.81. The van der Waals surface area contributed by atoms with E-state index in [1.54, 1.807) is 6.07 Å². The van der Waals surface area contributed by atoms with E-state index < -0.39 is 0 Å². The van der Waals surface area contributed by atoms with Gasteiger partial charge in [-0.1, -0.05) is 0 Å². The molecule has 5 nitrogen and oxygen atoms in total. The summed E-state index contributed by atoms with van der Waals surface area (Å²) in [5.74, 6) is 0.478. The summed E-state index contributed by atoms with van der Waals surface area (Å²) < 4.78 is 9.92. The number of ether oxygens (including phenoxy) is 2. The van der Waals surface area contributed by atoms with E-state index in [1.165, 1.54) is 13.4 Å². The molecule has 0 atom stereocenters. The molecule has 5 heteroatoms. The van der Waals surface area contributed by atoms with Gasteiger partial charge in [-0.3, -0.25) is 4.79 Å². The highest BCUT2D eigenvalue weighted by Gasteiger charge is 2.05. The minimum atomic E-state index is -0.0151. The van der Waals surface area contributed by atoms with Crippen LogP contribution in [0.15, 0.2) is 12.4 Å². The van der Waals surface area contributed by atoms with Crippen LogP contribution in [0.3, 0.4) is 0 Å². The number of aromatic nitrogens is 2. The van der Waals surface area contributed by atoms with Crippen molar-refractivity contribution in [2.45, 2.75) is 13.3 Å². The lowest BCUT2D eigenvalue weighted by atomic mass is 10.2. The normalized spacial score (nSPS) is 10.0. The minimum absolute atomic E-state index is 0.0151. The summed E-state index contributed by atoms with van der Waals surface area (Å²) in [5, 5.41) is 0. The predicted octanol–water partition coefficient (Wildman–Crippen LogP) is 0.633. The maximum atomic E-state index is 11.3. The van der Waals surface area contributed by atoms with Crippen molar-refractivity contribution in [3.8, 4) is 5.88 Å². The van der Waals surface area contributed by atoms with Gasteiger partial charge in [-0.15, -0.1) is 0 Å². The van der Waals surface area contributed by atoms with Crippen LogP contribution in [0, 0.1) is 0 Å². The van der Waals surface area contributed by atoms with Crippen LogP contribution in [0.25, 0.3) is 0 Å². The van der Waals surface area contributed by atoms with Crippen LogP contribution >= 0.6 is 0 Å². The first kappa shape index (κ1) is 11.6.